The van der Waals surface area contributed by atoms with Gasteiger partial charge in [-0.3, -0.25) is 0 Å². The van der Waals surface area contributed by atoms with Crippen molar-refractivity contribution in [3.05, 3.63) is 23.8 Å². The molecule has 0 atom stereocenters. The molecular weight excluding hydrogens is 216 g/mol. The van der Waals surface area contributed by atoms with E-state index in [1.165, 1.54) is 0 Å². The lowest BCUT2D eigenvalue weighted by Gasteiger charge is -2.08. The monoisotopic (exact) mass is 232 g/mol. The standard InChI is InChI=1S/C10H16N2O2.ClH/c11-4-3-8-1-2-10(9(12)7-8)14-6-5-13;/h1-2,7,13H,3-6,11-12H2;1H. The van der Waals surface area contributed by atoms with Crippen LogP contribution in [0.3, 0.4) is 0 Å². The number of halogens is 1. The second-order valence-corrected chi connectivity index (χ2v) is 2.98. The van der Waals surface area contributed by atoms with Crippen LogP contribution >= 0.6 is 12.4 Å². The van der Waals surface area contributed by atoms with Gasteiger partial charge in [-0.25, -0.2) is 0 Å². The zero-order valence-corrected chi connectivity index (χ0v) is 9.30. The summed E-state index contributed by atoms with van der Waals surface area (Å²) in [5.41, 5.74) is 12.9. The van der Waals surface area contributed by atoms with Crippen molar-refractivity contribution in [1.29, 1.82) is 0 Å². The van der Waals surface area contributed by atoms with Crippen LogP contribution in [0.1, 0.15) is 5.56 Å². The molecule has 4 nitrogen and oxygen atoms in total. The highest BCUT2D eigenvalue weighted by Crippen LogP contribution is 2.22. The topological polar surface area (TPSA) is 81.5 Å². The largest absolute Gasteiger partial charge is 0.489 e. The Morgan fingerprint density at radius 3 is 2.60 bits per heavy atom. The van der Waals surface area contributed by atoms with Crippen molar-refractivity contribution in [2.45, 2.75) is 6.42 Å². The second kappa shape index (κ2) is 7.34. The van der Waals surface area contributed by atoms with Gasteiger partial charge in [0.15, 0.2) is 0 Å². The molecule has 0 bridgehead atoms. The Balaban J connectivity index is 0.00000196. The predicted octanol–water partition coefficient (Wildman–Crippen LogP) is 0.563. The van der Waals surface area contributed by atoms with E-state index in [1.54, 1.807) is 6.07 Å². The number of aliphatic hydroxyl groups excluding tert-OH is 1. The van der Waals surface area contributed by atoms with E-state index in [0.717, 1.165) is 12.0 Å². The molecular formula is C10H17ClN2O2. The molecule has 0 aliphatic heterocycles. The number of benzene rings is 1. The highest BCUT2D eigenvalue weighted by molar-refractivity contribution is 5.85. The number of ether oxygens (including phenoxy) is 1. The van der Waals surface area contributed by atoms with E-state index in [-0.39, 0.29) is 25.6 Å². The van der Waals surface area contributed by atoms with Crippen LogP contribution in [-0.2, 0) is 6.42 Å². The lowest BCUT2D eigenvalue weighted by atomic mass is 10.1. The third kappa shape index (κ3) is 4.38. The first-order chi connectivity index (χ1) is 6.77. The van der Waals surface area contributed by atoms with Crippen LogP contribution < -0.4 is 16.2 Å². The second-order valence-electron chi connectivity index (χ2n) is 2.98. The van der Waals surface area contributed by atoms with Gasteiger partial charge in [0, 0.05) is 0 Å². The fourth-order valence-corrected chi connectivity index (χ4v) is 1.21. The van der Waals surface area contributed by atoms with Crippen LogP contribution in [-0.4, -0.2) is 24.9 Å². The van der Waals surface area contributed by atoms with Crippen molar-refractivity contribution in [2.24, 2.45) is 5.73 Å². The van der Waals surface area contributed by atoms with E-state index in [1.807, 2.05) is 12.1 Å². The molecule has 5 heteroatoms. The maximum Gasteiger partial charge on any atom is 0.142 e. The Labute approximate surface area is 95.6 Å². The molecule has 15 heavy (non-hydrogen) atoms. The van der Waals surface area contributed by atoms with E-state index in [9.17, 15) is 0 Å². The summed E-state index contributed by atoms with van der Waals surface area (Å²) < 4.78 is 5.21. The van der Waals surface area contributed by atoms with Crippen LogP contribution in [0.25, 0.3) is 0 Å². The number of hydrogen-bond acceptors (Lipinski definition) is 4. The third-order valence-corrected chi connectivity index (χ3v) is 1.86. The fourth-order valence-electron chi connectivity index (χ4n) is 1.21. The van der Waals surface area contributed by atoms with Gasteiger partial charge in [-0.05, 0) is 30.7 Å². The minimum Gasteiger partial charge on any atom is -0.489 e. The number of nitrogen functional groups attached to an aromatic ring is 1. The zero-order chi connectivity index (χ0) is 10.4. The SMILES string of the molecule is Cl.NCCc1ccc(OCCO)c(N)c1. The minimum absolute atomic E-state index is 0. The summed E-state index contributed by atoms with van der Waals surface area (Å²) in [6.45, 7) is 0.862. The molecule has 86 valence electrons. The summed E-state index contributed by atoms with van der Waals surface area (Å²) in [5, 5.41) is 8.57. The first-order valence-electron chi connectivity index (χ1n) is 4.60. The van der Waals surface area contributed by atoms with Crippen molar-refractivity contribution >= 4 is 18.1 Å². The number of nitrogens with two attached hydrogens (primary N) is 2. The zero-order valence-electron chi connectivity index (χ0n) is 8.48. The first kappa shape index (κ1) is 14.0. The van der Waals surface area contributed by atoms with Gasteiger partial charge in [-0.1, -0.05) is 6.07 Å². The van der Waals surface area contributed by atoms with Crippen molar-refractivity contribution in [3.63, 3.8) is 0 Å². The summed E-state index contributed by atoms with van der Waals surface area (Å²) in [6.07, 6.45) is 0.810. The van der Waals surface area contributed by atoms with Gasteiger partial charge in [0.05, 0.1) is 12.3 Å². The van der Waals surface area contributed by atoms with Gasteiger partial charge in [0.25, 0.3) is 0 Å². The van der Waals surface area contributed by atoms with Crippen LogP contribution in [0.4, 0.5) is 5.69 Å². The van der Waals surface area contributed by atoms with Crippen molar-refractivity contribution < 1.29 is 9.84 Å². The maximum atomic E-state index is 8.57. The molecule has 0 aliphatic carbocycles. The minimum atomic E-state index is -0.00993. The Hall–Kier alpha value is -0.970. The molecule has 0 aromatic heterocycles. The summed E-state index contributed by atoms with van der Waals surface area (Å²) >= 11 is 0. The molecule has 0 amide bonds. The van der Waals surface area contributed by atoms with E-state index in [4.69, 9.17) is 21.3 Å². The van der Waals surface area contributed by atoms with Crippen LogP contribution in [0.2, 0.25) is 0 Å². The lowest BCUT2D eigenvalue weighted by Crippen LogP contribution is -2.06. The molecule has 0 fully saturated rings. The van der Waals surface area contributed by atoms with Crippen molar-refractivity contribution in [2.75, 3.05) is 25.5 Å². The first-order valence-corrected chi connectivity index (χ1v) is 4.60. The van der Waals surface area contributed by atoms with E-state index < -0.39 is 0 Å². The molecule has 0 radical (unpaired) electrons. The molecule has 0 spiro atoms. The number of rotatable bonds is 5. The number of hydrogen-bond donors (Lipinski definition) is 3. The normalized spacial score (nSPS) is 9.47. The maximum absolute atomic E-state index is 8.57. The Morgan fingerprint density at radius 2 is 2.07 bits per heavy atom. The van der Waals surface area contributed by atoms with Gasteiger partial charge < -0.3 is 21.3 Å². The third-order valence-electron chi connectivity index (χ3n) is 1.86. The van der Waals surface area contributed by atoms with Crippen LogP contribution in [0.15, 0.2) is 18.2 Å². The predicted molar refractivity (Wildman–Crippen MR) is 63.4 cm³/mol. The van der Waals surface area contributed by atoms with Crippen molar-refractivity contribution in [3.8, 4) is 5.75 Å². The number of aliphatic hydroxyl groups is 1. The summed E-state index contributed by atoms with van der Waals surface area (Å²) in [7, 11) is 0. The number of anilines is 1. The molecule has 1 aromatic carbocycles. The van der Waals surface area contributed by atoms with Crippen molar-refractivity contribution in [1.82, 2.24) is 0 Å². The van der Waals surface area contributed by atoms with E-state index >= 15 is 0 Å². The van der Waals surface area contributed by atoms with Gasteiger partial charge in [-0.15, -0.1) is 12.4 Å². The van der Waals surface area contributed by atoms with Crippen LogP contribution in [0.5, 0.6) is 5.75 Å². The Kier molecular flexibility index (Phi) is 6.86. The van der Waals surface area contributed by atoms with Crippen LogP contribution in [0, 0.1) is 0 Å². The molecule has 1 rings (SSSR count). The highest BCUT2D eigenvalue weighted by atomic mass is 35.5. The molecule has 0 aliphatic rings. The molecule has 5 N–H and O–H groups in total. The Morgan fingerprint density at radius 1 is 1.33 bits per heavy atom. The Bertz CT molecular complexity index is 295. The molecule has 0 saturated heterocycles. The molecule has 0 saturated carbocycles. The van der Waals surface area contributed by atoms with Gasteiger partial charge in [0.2, 0.25) is 0 Å². The quantitative estimate of drug-likeness (QED) is 0.648. The summed E-state index contributed by atoms with van der Waals surface area (Å²) in [6, 6.07) is 5.57. The van der Waals surface area contributed by atoms with E-state index in [2.05, 4.69) is 0 Å². The molecule has 1 aromatic rings. The smallest absolute Gasteiger partial charge is 0.142 e. The highest BCUT2D eigenvalue weighted by Gasteiger charge is 2.01. The molecule has 0 unspecified atom stereocenters. The summed E-state index contributed by atoms with van der Waals surface area (Å²) in [4.78, 5) is 0. The van der Waals surface area contributed by atoms with Gasteiger partial charge in [0.1, 0.15) is 12.4 Å². The fraction of sp³-hybridized carbons (Fsp3) is 0.400. The molecule has 0 heterocycles. The lowest BCUT2D eigenvalue weighted by molar-refractivity contribution is 0.202. The van der Waals surface area contributed by atoms with Gasteiger partial charge >= 0.3 is 0 Å². The average Bonchev–Trinajstić information content (AvgIpc) is 2.17. The van der Waals surface area contributed by atoms with Gasteiger partial charge in [-0.2, -0.15) is 0 Å². The summed E-state index contributed by atoms with van der Waals surface area (Å²) in [5.74, 6) is 0.611. The van der Waals surface area contributed by atoms with E-state index in [0.29, 0.717) is 18.0 Å². The average molecular weight is 233 g/mol.